The van der Waals surface area contributed by atoms with Crippen LogP contribution in [-0.2, 0) is 0 Å². The Labute approximate surface area is 95.4 Å². The van der Waals surface area contributed by atoms with E-state index in [1.165, 1.54) is 22.7 Å². The Kier molecular flexibility index (Phi) is 2.04. The molecule has 0 amide bonds. The molecule has 17 heavy (non-hydrogen) atoms. The maximum absolute atomic E-state index is 12.8. The molecule has 0 spiro atoms. The van der Waals surface area contributed by atoms with Crippen molar-refractivity contribution in [1.29, 1.82) is 0 Å². The van der Waals surface area contributed by atoms with Crippen molar-refractivity contribution >= 4 is 5.65 Å². The molecule has 0 saturated carbocycles. The minimum absolute atomic E-state index is 0.288. The van der Waals surface area contributed by atoms with Crippen LogP contribution in [0.3, 0.4) is 0 Å². The number of nitrogens with zero attached hydrogens (tertiary/aromatic N) is 2. The smallest absolute Gasteiger partial charge is 0.339 e. The van der Waals surface area contributed by atoms with Crippen LogP contribution >= 0.6 is 0 Å². The summed E-state index contributed by atoms with van der Waals surface area (Å²) >= 11 is 0. The maximum Gasteiger partial charge on any atom is 0.353 e. The molecule has 84 valence electrons. The lowest BCUT2D eigenvalue weighted by molar-refractivity contribution is 0.628. The molecule has 5 heteroatoms. The second-order valence-electron chi connectivity index (χ2n) is 3.66. The molecular formula is C12H8FN3O. The van der Waals surface area contributed by atoms with Gasteiger partial charge in [-0.05, 0) is 35.9 Å². The van der Waals surface area contributed by atoms with E-state index in [1.54, 1.807) is 24.4 Å². The van der Waals surface area contributed by atoms with Crippen molar-refractivity contribution in [3.63, 3.8) is 0 Å². The minimum atomic E-state index is -0.341. The monoisotopic (exact) mass is 229 g/mol. The standard InChI is InChI=1S/C12H8FN3O/c13-9-3-1-8(2-4-9)10-7-16-11(15-10)5-6-14-12(16)17/h1-7,15H. The molecule has 0 aliphatic rings. The van der Waals surface area contributed by atoms with Crippen molar-refractivity contribution in [3.8, 4) is 11.3 Å². The Morgan fingerprint density at radius 3 is 2.65 bits per heavy atom. The minimum Gasteiger partial charge on any atom is -0.339 e. The summed E-state index contributed by atoms with van der Waals surface area (Å²) in [4.78, 5) is 18.2. The first-order chi connectivity index (χ1) is 8.24. The van der Waals surface area contributed by atoms with E-state index in [1.807, 2.05) is 0 Å². The molecule has 2 heterocycles. The van der Waals surface area contributed by atoms with E-state index in [4.69, 9.17) is 0 Å². The quantitative estimate of drug-likeness (QED) is 0.692. The van der Waals surface area contributed by atoms with Gasteiger partial charge in [-0.15, -0.1) is 0 Å². The molecule has 0 unspecified atom stereocenters. The van der Waals surface area contributed by atoms with Gasteiger partial charge in [0.2, 0.25) is 0 Å². The molecule has 3 rings (SSSR count). The number of rotatable bonds is 1. The van der Waals surface area contributed by atoms with Gasteiger partial charge in [0.1, 0.15) is 11.5 Å². The van der Waals surface area contributed by atoms with Gasteiger partial charge < -0.3 is 4.98 Å². The van der Waals surface area contributed by atoms with Crippen LogP contribution in [0.4, 0.5) is 4.39 Å². The molecule has 3 aromatic rings. The molecule has 0 radical (unpaired) electrons. The molecule has 0 saturated heterocycles. The van der Waals surface area contributed by atoms with E-state index in [0.717, 1.165) is 11.3 Å². The van der Waals surface area contributed by atoms with Gasteiger partial charge in [-0.2, -0.15) is 0 Å². The first-order valence-corrected chi connectivity index (χ1v) is 5.06. The molecule has 1 N–H and O–H groups in total. The summed E-state index contributed by atoms with van der Waals surface area (Å²) in [6.07, 6.45) is 3.10. The van der Waals surface area contributed by atoms with Gasteiger partial charge >= 0.3 is 5.69 Å². The number of H-pyrrole nitrogens is 1. The highest BCUT2D eigenvalue weighted by Gasteiger charge is 2.04. The summed E-state index contributed by atoms with van der Waals surface area (Å²) in [7, 11) is 0. The van der Waals surface area contributed by atoms with Crippen LogP contribution < -0.4 is 5.69 Å². The second-order valence-corrected chi connectivity index (χ2v) is 3.66. The highest BCUT2D eigenvalue weighted by molar-refractivity contribution is 5.62. The summed E-state index contributed by atoms with van der Waals surface area (Å²) in [6, 6.07) is 7.76. The number of fused-ring (bicyclic) bond motifs is 1. The molecule has 2 aromatic heterocycles. The van der Waals surface area contributed by atoms with Gasteiger partial charge in [0.05, 0.1) is 5.69 Å². The SMILES string of the molecule is O=c1nccc2[nH]c(-c3ccc(F)cc3)cn12. The van der Waals surface area contributed by atoms with Crippen molar-refractivity contribution in [1.82, 2.24) is 14.4 Å². The normalized spacial score (nSPS) is 10.9. The van der Waals surface area contributed by atoms with E-state index < -0.39 is 0 Å². The lowest BCUT2D eigenvalue weighted by Gasteiger charge is -1.95. The maximum atomic E-state index is 12.8. The summed E-state index contributed by atoms with van der Waals surface area (Å²) in [5.41, 5.74) is 1.88. The number of nitrogens with one attached hydrogen (secondary N) is 1. The van der Waals surface area contributed by atoms with Crippen molar-refractivity contribution in [2.45, 2.75) is 0 Å². The highest BCUT2D eigenvalue weighted by atomic mass is 19.1. The Balaban J connectivity index is 2.21. The van der Waals surface area contributed by atoms with Gasteiger partial charge in [-0.25, -0.2) is 14.2 Å². The van der Waals surface area contributed by atoms with Crippen LogP contribution in [0.25, 0.3) is 16.9 Å². The first-order valence-electron chi connectivity index (χ1n) is 5.06. The summed E-state index contributed by atoms with van der Waals surface area (Å²) in [5.74, 6) is -0.288. The number of aromatic nitrogens is 3. The molecule has 1 aromatic carbocycles. The van der Waals surface area contributed by atoms with Gasteiger partial charge in [0, 0.05) is 12.4 Å². The largest absolute Gasteiger partial charge is 0.353 e. The van der Waals surface area contributed by atoms with Crippen LogP contribution in [0, 0.1) is 5.82 Å². The lowest BCUT2D eigenvalue weighted by Crippen LogP contribution is -2.13. The number of hydrogen-bond donors (Lipinski definition) is 1. The fourth-order valence-electron chi connectivity index (χ4n) is 1.72. The van der Waals surface area contributed by atoms with E-state index in [2.05, 4.69) is 9.97 Å². The fourth-order valence-corrected chi connectivity index (χ4v) is 1.72. The molecule has 0 aliphatic carbocycles. The number of hydrogen-bond acceptors (Lipinski definition) is 2. The zero-order valence-corrected chi connectivity index (χ0v) is 8.72. The zero-order valence-electron chi connectivity index (χ0n) is 8.72. The molecule has 0 aliphatic heterocycles. The predicted octanol–water partition coefficient (Wildman–Crippen LogP) is 1.83. The second kappa shape index (κ2) is 3.55. The molecule has 4 nitrogen and oxygen atoms in total. The first kappa shape index (κ1) is 9.77. The van der Waals surface area contributed by atoms with Crippen LogP contribution in [0.5, 0.6) is 0 Å². The summed E-state index contributed by atoms with van der Waals surface area (Å²) < 4.78 is 14.2. The van der Waals surface area contributed by atoms with E-state index in [9.17, 15) is 9.18 Å². The average Bonchev–Trinajstić information content (AvgIpc) is 2.75. The topological polar surface area (TPSA) is 50.2 Å². The van der Waals surface area contributed by atoms with Crippen molar-refractivity contribution in [3.05, 3.63) is 59.0 Å². The highest BCUT2D eigenvalue weighted by Crippen LogP contribution is 2.18. The van der Waals surface area contributed by atoms with Crippen LogP contribution in [-0.4, -0.2) is 14.4 Å². The van der Waals surface area contributed by atoms with E-state index in [0.29, 0.717) is 5.65 Å². The van der Waals surface area contributed by atoms with Crippen LogP contribution in [0.1, 0.15) is 0 Å². The number of aromatic amines is 1. The molecule has 0 fully saturated rings. The number of halogens is 1. The average molecular weight is 229 g/mol. The number of imidazole rings is 1. The zero-order chi connectivity index (χ0) is 11.8. The predicted molar refractivity (Wildman–Crippen MR) is 61.2 cm³/mol. The Hall–Kier alpha value is -2.43. The molecular weight excluding hydrogens is 221 g/mol. The van der Waals surface area contributed by atoms with Crippen LogP contribution in [0.2, 0.25) is 0 Å². The number of benzene rings is 1. The lowest BCUT2D eigenvalue weighted by atomic mass is 10.2. The van der Waals surface area contributed by atoms with Gasteiger partial charge in [-0.1, -0.05) is 0 Å². The van der Waals surface area contributed by atoms with Crippen molar-refractivity contribution in [2.75, 3.05) is 0 Å². The summed E-state index contributed by atoms with van der Waals surface area (Å²) in [6.45, 7) is 0. The Morgan fingerprint density at radius 1 is 1.18 bits per heavy atom. The van der Waals surface area contributed by atoms with Crippen molar-refractivity contribution < 1.29 is 4.39 Å². The third kappa shape index (κ3) is 1.61. The summed E-state index contributed by atoms with van der Waals surface area (Å²) in [5, 5.41) is 0. The van der Waals surface area contributed by atoms with E-state index in [-0.39, 0.29) is 11.5 Å². The Bertz CT molecular complexity index is 727. The fraction of sp³-hybridized carbons (Fsp3) is 0. The van der Waals surface area contributed by atoms with Gasteiger partial charge in [-0.3, -0.25) is 4.40 Å². The van der Waals surface area contributed by atoms with Gasteiger partial charge in [0.15, 0.2) is 0 Å². The Morgan fingerprint density at radius 2 is 1.94 bits per heavy atom. The third-order valence-corrected chi connectivity index (χ3v) is 2.56. The van der Waals surface area contributed by atoms with E-state index >= 15 is 0 Å². The molecule has 0 bridgehead atoms. The van der Waals surface area contributed by atoms with Crippen LogP contribution in [0.15, 0.2) is 47.5 Å². The third-order valence-electron chi connectivity index (χ3n) is 2.56. The van der Waals surface area contributed by atoms with Crippen molar-refractivity contribution in [2.24, 2.45) is 0 Å². The van der Waals surface area contributed by atoms with Gasteiger partial charge in [0.25, 0.3) is 0 Å². The molecule has 0 atom stereocenters.